The highest BCUT2D eigenvalue weighted by Crippen LogP contribution is 2.38. The molecule has 0 amide bonds. The van der Waals surface area contributed by atoms with E-state index in [4.69, 9.17) is 10.5 Å². The first-order valence-corrected chi connectivity index (χ1v) is 7.24. The number of nitrogens with zero attached hydrogens (tertiary/aromatic N) is 3. The summed E-state index contributed by atoms with van der Waals surface area (Å²) >= 11 is 0. The van der Waals surface area contributed by atoms with Gasteiger partial charge in [0, 0.05) is 25.2 Å². The van der Waals surface area contributed by atoms with Crippen LogP contribution in [0.1, 0.15) is 17.5 Å². The summed E-state index contributed by atoms with van der Waals surface area (Å²) < 4.78 is 7.34. The zero-order chi connectivity index (χ0) is 14.4. The van der Waals surface area contributed by atoms with Gasteiger partial charge in [0.15, 0.2) is 0 Å². The van der Waals surface area contributed by atoms with Crippen molar-refractivity contribution in [2.75, 3.05) is 6.61 Å². The summed E-state index contributed by atoms with van der Waals surface area (Å²) in [4.78, 5) is 4.57. The average Bonchev–Trinajstić information content (AvgIpc) is 3.05. The fourth-order valence-electron chi connectivity index (χ4n) is 3.47. The maximum Gasteiger partial charge on any atom is 0.282 e. The van der Waals surface area contributed by atoms with Crippen LogP contribution in [0.2, 0.25) is 0 Å². The molecule has 1 aliphatic heterocycles. The third-order valence-electron chi connectivity index (χ3n) is 4.57. The Balaban J connectivity index is 1.82. The van der Waals surface area contributed by atoms with Crippen LogP contribution in [0.5, 0.6) is 0 Å². The molecule has 1 aliphatic carbocycles. The number of aliphatic imine (C=N–C) groups is 1. The molecule has 5 nitrogen and oxygen atoms in total. The molecule has 1 unspecified atom stereocenters. The molecule has 2 aromatic rings. The Kier molecular flexibility index (Phi) is 2.58. The van der Waals surface area contributed by atoms with Crippen LogP contribution in [0, 0.1) is 0 Å². The van der Waals surface area contributed by atoms with Gasteiger partial charge in [-0.1, -0.05) is 18.2 Å². The zero-order valence-electron chi connectivity index (χ0n) is 12.0. The first-order chi connectivity index (χ1) is 10.2. The number of nitrogens with two attached hydrogens (primary N) is 1. The monoisotopic (exact) mass is 282 g/mol. The third-order valence-corrected chi connectivity index (χ3v) is 4.57. The lowest BCUT2D eigenvalue weighted by atomic mass is 9.77. The molecule has 2 heterocycles. The largest absolute Gasteiger partial charge is 0.463 e. The van der Waals surface area contributed by atoms with Crippen LogP contribution in [0.4, 0.5) is 0 Å². The van der Waals surface area contributed by atoms with Gasteiger partial charge in [0.05, 0.1) is 5.69 Å². The van der Waals surface area contributed by atoms with Gasteiger partial charge in [-0.3, -0.25) is 4.68 Å². The van der Waals surface area contributed by atoms with E-state index in [1.165, 1.54) is 16.7 Å². The van der Waals surface area contributed by atoms with Crippen LogP contribution in [-0.4, -0.2) is 27.9 Å². The Morgan fingerprint density at radius 2 is 2.24 bits per heavy atom. The maximum atomic E-state index is 5.73. The number of rotatable bonds is 1. The standard InChI is InChI=1S/C16H18N4O/c1-20-14(6-8-18-20)12-4-2-3-11-5-7-16(9-13(11)12)10-21-15(17)19-16/h2-4,6,8H,5,7,9-10H2,1H3,(H2,17,19). The van der Waals surface area contributed by atoms with Gasteiger partial charge >= 0.3 is 0 Å². The van der Waals surface area contributed by atoms with Crippen molar-refractivity contribution < 1.29 is 4.74 Å². The number of hydrogen-bond acceptors (Lipinski definition) is 4. The van der Waals surface area contributed by atoms with E-state index in [2.05, 4.69) is 34.4 Å². The summed E-state index contributed by atoms with van der Waals surface area (Å²) in [7, 11) is 1.97. The highest BCUT2D eigenvalue weighted by Gasteiger charge is 2.40. The molecular weight excluding hydrogens is 264 g/mol. The fraction of sp³-hybridized carbons (Fsp3) is 0.375. The van der Waals surface area contributed by atoms with Crippen LogP contribution >= 0.6 is 0 Å². The van der Waals surface area contributed by atoms with Gasteiger partial charge in [0.1, 0.15) is 12.1 Å². The molecule has 0 saturated heterocycles. The Hall–Kier alpha value is -2.30. The van der Waals surface area contributed by atoms with E-state index in [1.54, 1.807) is 0 Å². The van der Waals surface area contributed by atoms with E-state index in [0.29, 0.717) is 12.6 Å². The molecule has 0 bridgehead atoms. The molecule has 1 aromatic carbocycles. The quantitative estimate of drug-likeness (QED) is 0.865. The Morgan fingerprint density at radius 1 is 1.33 bits per heavy atom. The lowest BCUT2D eigenvalue weighted by Gasteiger charge is -2.31. The number of amidine groups is 1. The highest BCUT2D eigenvalue weighted by molar-refractivity contribution is 5.74. The number of hydrogen-bond donors (Lipinski definition) is 1. The average molecular weight is 282 g/mol. The lowest BCUT2D eigenvalue weighted by molar-refractivity contribution is 0.235. The Labute approximate surface area is 123 Å². The van der Waals surface area contributed by atoms with Crippen molar-refractivity contribution in [3.05, 3.63) is 41.6 Å². The van der Waals surface area contributed by atoms with Crippen molar-refractivity contribution in [3.8, 4) is 11.3 Å². The van der Waals surface area contributed by atoms with Crippen molar-refractivity contribution in [2.45, 2.75) is 24.8 Å². The van der Waals surface area contributed by atoms with Gasteiger partial charge in [0.25, 0.3) is 6.02 Å². The van der Waals surface area contributed by atoms with Crippen LogP contribution in [0.15, 0.2) is 35.5 Å². The summed E-state index contributed by atoms with van der Waals surface area (Å²) in [6, 6.07) is 8.89. The van der Waals surface area contributed by atoms with Crippen molar-refractivity contribution in [3.63, 3.8) is 0 Å². The van der Waals surface area contributed by atoms with Crippen molar-refractivity contribution >= 4 is 6.02 Å². The minimum Gasteiger partial charge on any atom is -0.463 e. The second-order valence-corrected chi connectivity index (χ2v) is 5.92. The minimum absolute atomic E-state index is 0.175. The lowest BCUT2D eigenvalue weighted by Crippen LogP contribution is -2.35. The first kappa shape index (κ1) is 12.4. The number of fused-ring (bicyclic) bond motifs is 1. The SMILES string of the molecule is Cn1nccc1-c1cccc2c1CC1(CC2)COC(N)=N1. The molecule has 0 saturated carbocycles. The van der Waals surface area contributed by atoms with E-state index in [9.17, 15) is 0 Å². The van der Waals surface area contributed by atoms with Crippen LogP contribution in [-0.2, 0) is 24.6 Å². The summed E-state index contributed by atoms with van der Waals surface area (Å²) in [6.07, 6.45) is 4.73. The molecule has 1 atom stereocenters. The summed E-state index contributed by atoms with van der Waals surface area (Å²) in [5, 5.41) is 4.29. The molecule has 4 rings (SSSR count). The number of aryl methyl sites for hydroxylation is 2. The van der Waals surface area contributed by atoms with Gasteiger partial charge in [-0.25, -0.2) is 4.99 Å². The van der Waals surface area contributed by atoms with Crippen LogP contribution in [0.25, 0.3) is 11.3 Å². The van der Waals surface area contributed by atoms with Gasteiger partial charge < -0.3 is 10.5 Å². The first-order valence-electron chi connectivity index (χ1n) is 7.24. The molecule has 2 N–H and O–H groups in total. The topological polar surface area (TPSA) is 65.4 Å². The van der Waals surface area contributed by atoms with E-state index >= 15 is 0 Å². The summed E-state index contributed by atoms with van der Waals surface area (Å²) in [5.41, 5.74) is 10.7. The van der Waals surface area contributed by atoms with Gasteiger partial charge in [-0.05, 0) is 30.0 Å². The Bertz CT molecular complexity index is 734. The number of ether oxygens (including phenoxy) is 1. The Morgan fingerprint density at radius 3 is 2.95 bits per heavy atom. The molecule has 108 valence electrons. The maximum absolute atomic E-state index is 5.73. The van der Waals surface area contributed by atoms with Crippen molar-refractivity contribution in [1.82, 2.24) is 9.78 Å². The second-order valence-electron chi connectivity index (χ2n) is 5.92. The molecule has 0 radical (unpaired) electrons. The predicted octanol–water partition coefficient (Wildman–Crippen LogP) is 1.66. The minimum atomic E-state index is -0.175. The van der Waals surface area contributed by atoms with Crippen molar-refractivity contribution in [2.24, 2.45) is 17.8 Å². The van der Waals surface area contributed by atoms with Gasteiger partial charge in [-0.2, -0.15) is 5.10 Å². The zero-order valence-corrected chi connectivity index (χ0v) is 12.0. The van der Waals surface area contributed by atoms with E-state index in [0.717, 1.165) is 25.0 Å². The molecule has 1 spiro atoms. The predicted molar refractivity (Wildman–Crippen MR) is 81.0 cm³/mol. The van der Waals surface area contributed by atoms with Crippen molar-refractivity contribution in [1.29, 1.82) is 0 Å². The smallest absolute Gasteiger partial charge is 0.282 e. The third kappa shape index (κ3) is 1.92. The van der Waals surface area contributed by atoms with E-state index in [-0.39, 0.29) is 5.54 Å². The number of benzene rings is 1. The normalized spacial score (nSPS) is 23.8. The molecule has 5 heteroatoms. The van der Waals surface area contributed by atoms with Crippen LogP contribution in [0.3, 0.4) is 0 Å². The second kappa shape index (κ2) is 4.35. The summed E-state index contributed by atoms with van der Waals surface area (Å²) in [6.45, 7) is 0.595. The summed E-state index contributed by atoms with van der Waals surface area (Å²) in [5.74, 6) is 0. The molecule has 2 aliphatic rings. The van der Waals surface area contributed by atoms with Gasteiger partial charge in [-0.15, -0.1) is 0 Å². The van der Waals surface area contributed by atoms with Crippen LogP contribution < -0.4 is 5.73 Å². The molecule has 21 heavy (non-hydrogen) atoms. The molecular formula is C16H18N4O. The van der Waals surface area contributed by atoms with E-state index in [1.807, 2.05) is 17.9 Å². The highest BCUT2D eigenvalue weighted by atomic mass is 16.5. The molecule has 0 fully saturated rings. The fourth-order valence-corrected chi connectivity index (χ4v) is 3.47. The van der Waals surface area contributed by atoms with Gasteiger partial charge in [0.2, 0.25) is 0 Å². The molecule has 1 aromatic heterocycles. The number of aromatic nitrogens is 2. The van der Waals surface area contributed by atoms with E-state index < -0.39 is 0 Å².